The smallest absolute Gasteiger partial charge is 0.297 e. The Morgan fingerprint density at radius 2 is 1.20 bits per heavy atom. The molecule has 0 amide bonds. The maximum absolute atomic E-state index is 7.15. The van der Waals surface area contributed by atoms with E-state index in [1.165, 1.54) is 79.9 Å². The molecule has 0 fully saturated rings. The van der Waals surface area contributed by atoms with Crippen LogP contribution >= 0.6 is 0 Å². The Balaban J connectivity index is 1.40. The second-order valence-corrected chi connectivity index (χ2v) is 19.9. The number of rotatable bonds is 2. The number of hydrogen-bond acceptors (Lipinski definition) is 3. The van der Waals surface area contributed by atoms with Crippen molar-refractivity contribution in [2.45, 2.75) is 118 Å². The molecule has 3 aliphatic rings. The molecule has 5 aromatic carbocycles. The molecule has 0 unspecified atom stereocenters. The van der Waals surface area contributed by atoms with Crippen molar-refractivity contribution in [3.63, 3.8) is 0 Å². The van der Waals surface area contributed by atoms with Gasteiger partial charge in [0.1, 0.15) is 5.58 Å². The molecule has 0 atom stereocenters. The van der Waals surface area contributed by atoms with Crippen molar-refractivity contribution in [2.75, 3.05) is 9.80 Å². The Kier molecular flexibility index (Phi) is 7.41. The molecule has 4 heteroatoms. The lowest BCUT2D eigenvalue weighted by Gasteiger charge is -2.47. The molecule has 3 heterocycles. The summed E-state index contributed by atoms with van der Waals surface area (Å²) in [5.74, 6) is 0. The van der Waals surface area contributed by atoms with Crippen molar-refractivity contribution in [3.05, 3.63) is 124 Å². The highest BCUT2D eigenvalue weighted by Gasteiger charge is 2.49. The van der Waals surface area contributed by atoms with Crippen molar-refractivity contribution in [2.24, 2.45) is 0 Å². The fourth-order valence-electron chi connectivity index (χ4n) is 9.64. The first-order chi connectivity index (χ1) is 25.3. The minimum Gasteiger partial charge on any atom is -0.468 e. The highest BCUT2D eigenvalue weighted by Crippen LogP contribution is 2.51. The van der Waals surface area contributed by atoms with Crippen LogP contribution in [0.15, 0.2) is 95.4 Å². The van der Waals surface area contributed by atoms with Crippen LogP contribution in [0, 0.1) is 13.8 Å². The molecule has 0 spiro atoms. The summed E-state index contributed by atoms with van der Waals surface area (Å²) in [5, 5.41) is 1.15. The highest BCUT2D eigenvalue weighted by atomic mass is 16.3. The number of anilines is 6. The first-order valence-corrected chi connectivity index (χ1v) is 20.0. The number of para-hydroxylation sites is 1. The van der Waals surface area contributed by atoms with Gasteiger partial charge in [-0.15, -0.1) is 0 Å². The van der Waals surface area contributed by atoms with Crippen LogP contribution in [0.3, 0.4) is 0 Å². The highest BCUT2D eigenvalue weighted by molar-refractivity contribution is 7.00. The molecule has 2 aliphatic heterocycles. The van der Waals surface area contributed by atoms with Crippen LogP contribution in [0.4, 0.5) is 34.1 Å². The molecule has 0 N–H and O–H groups in total. The van der Waals surface area contributed by atoms with E-state index in [0.717, 1.165) is 28.0 Å². The summed E-state index contributed by atoms with van der Waals surface area (Å²) in [5.41, 5.74) is 20.3. The first-order valence-electron chi connectivity index (χ1n) is 20.0. The summed E-state index contributed by atoms with van der Waals surface area (Å²) in [6.07, 6.45) is 2.34. The van der Waals surface area contributed by atoms with Crippen LogP contribution in [0.25, 0.3) is 11.0 Å². The Morgan fingerprint density at radius 3 is 1.83 bits per heavy atom. The van der Waals surface area contributed by atoms with Gasteiger partial charge >= 0.3 is 0 Å². The minimum atomic E-state index is -0.0605. The standard InChI is InChI=1S/C50H55BN2O/c1-30-25-41-44-42(26-30)53(39-22-19-33(27-31(39)2)48(6,7)8)40-29-37-36(49(9,10)23-24-50(37,11)12)28-38(40)51(44)46-45(35-15-13-14-16-43(35)54-46)52(41)34-20-17-32(18-21-34)47(3,4)5/h13-22,25-29H,23-24H2,1-12H3. The van der Waals surface area contributed by atoms with Crippen molar-refractivity contribution < 1.29 is 4.42 Å². The average molecular weight is 711 g/mol. The molecule has 0 radical (unpaired) electrons. The summed E-state index contributed by atoms with van der Waals surface area (Å²) in [4.78, 5) is 5.10. The van der Waals surface area contributed by atoms with Gasteiger partial charge in [0.2, 0.25) is 0 Å². The third-order valence-electron chi connectivity index (χ3n) is 13.0. The summed E-state index contributed by atoms with van der Waals surface area (Å²) < 4.78 is 7.15. The van der Waals surface area contributed by atoms with Gasteiger partial charge in [-0.1, -0.05) is 112 Å². The third-order valence-corrected chi connectivity index (χ3v) is 13.0. The Hall–Kier alpha value is -4.70. The number of furan rings is 1. The fraction of sp³-hybridized carbons (Fsp3) is 0.360. The number of hydrogen-bond donors (Lipinski definition) is 0. The lowest BCUT2D eigenvalue weighted by atomic mass is 9.35. The molecule has 0 saturated carbocycles. The Morgan fingerprint density at radius 1 is 0.611 bits per heavy atom. The van der Waals surface area contributed by atoms with Crippen LogP contribution in [-0.4, -0.2) is 6.71 Å². The van der Waals surface area contributed by atoms with Gasteiger partial charge in [-0.05, 0) is 141 Å². The van der Waals surface area contributed by atoms with E-state index < -0.39 is 0 Å². The van der Waals surface area contributed by atoms with E-state index in [-0.39, 0.29) is 28.4 Å². The van der Waals surface area contributed by atoms with Crippen LogP contribution < -0.4 is 26.4 Å². The largest absolute Gasteiger partial charge is 0.468 e. The fourth-order valence-corrected chi connectivity index (χ4v) is 9.64. The monoisotopic (exact) mass is 710 g/mol. The molecule has 0 saturated heterocycles. The molecular weight excluding hydrogens is 655 g/mol. The van der Waals surface area contributed by atoms with Crippen molar-refractivity contribution >= 4 is 68.4 Å². The summed E-state index contributed by atoms with van der Waals surface area (Å²) in [6, 6.07) is 35.0. The molecule has 3 nitrogen and oxygen atoms in total. The van der Waals surface area contributed by atoms with Crippen molar-refractivity contribution in [1.82, 2.24) is 0 Å². The minimum absolute atomic E-state index is 0.0605. The second-order valence-electron chi connectivity index (χ2n) is 19.9. The molecule has 1 aliphatic carbocycles. The van der Waals surface area contributed by atoms with Crippen molar-refractivity contribution in [1.29, 1.82) is 0 Å². The third kappa shape index (κ3) is 5.15. The summed E-state index contributed by atoms with van der Waals surface area (Å²) >= 11 is 0. The zero-order valence-corrected chi connectivity index (χ0v) is 34.5. The van der Waals surface area contributed by atoms with E-state index in [1.54, 1.807) is 0 Å². The predicted octanol–water partition coefficient (Wildman–Crippen LogP) is 12.1. The zero-order chi connectivity index (χ0) is 38.3. The molecular formula is C50H55BN2O. The van der Waals surface area contributed by atoms with E-state index in [1.807, 2.05) is 0 Å². The summed E-state index contributed by atoms with van der Waals surface area (Å²) in [7, 11) is 0. The van der Waals surface area contributed by atoms with Gasteiger partial charge in [0.15, 0.2) is 0 Å². The van der Waals surface area contributed by atoms with Gasteiger partial charge in [0, 0.05) is 33.8 Å². The van der Waals surface area contributed by atoms with Crippen LogP contribution in [0.1, 0.15) is 115 Å². The maximum Gasteiger partial charge on any atom is 0.297 e. The SMILES string of the molecule is Cc1cc2c3c(c1)N(c1ccc(C(C)(C)C)cc1)c1c(oc4ccccc14)B3c1cc3c(cc1N2c1ccc(C(C)(C)C)cc1C)C(C)(C)CCC3(C)C. The van der Waals surface area contributed by atoms with Crippen LogP contribution in [-0.2, 0) is 21.7 Å². The molecule has 9 rings (SSSR count). The van der Waals surface area contributed by atoms with Gasteiger partial charge in [-0.2, -0.15) is 0 Å². The predicted molar refractivity (Wildman–Crippen MR) is 232 cm³/mol. The van der Waals surface area contributed by atoms with Gasteiger partial charge < -0.3 is 14.2 Å². The van der Waals surface area contributed by atoms with Gasteiger partial charge in [-0.3, -0.25) is 0 Å². The number of benzene rings is 5. The maximum atomic E-state index is 7.15. The number of fused-ring (bicyclic) bond motifs is 7. The topological polar surface area (TPSA) is 19.6 Å². The van der Waals surface area contributed by atoms with Gasteiger partial charge in [0.05, 0.1) is 11.3 Å². The van der Waals surface area contributed by atoms with E-state index >= 15 is 0 Å². The van der Waals surface area contributed by atoms with Gasteiger partial charge in [0.25, 0.3) is 6.71 Å². The number of nitrogens with zero attached hydrogens (tertiary/aromatic N) is 2. The molecule has 274 valence electrons. The zero-order valence-electron chi connectivity index (χ0n) is 34.5. The van der Waals surface area contributed by atoms with Crippen LogP contribution in [0.5, 0.6) is 0 Å². The van der Waals surface area contributed by atoms with Gasteiger partial charge in [-0.25, -0.2) is 0 Å². The normalized spacial score (nSPS) is 16.9. The quantitative estimate of drug-likeness (QED) is 0.167. The van der Waals surface area contributed by atoms with E-state index in [2.05, 4.69) is 184 Å². The molecule has 1 aromatic heterocycles. The number of aryl methyl sites for hydroxylation is 2. The lowest BCUT2D eigenvalue weighted by Crippen LogP contribution is -2.61. The van der Waals surface area contributed by atoms with Crippen LogP contribution in [0.2, 0.25) is 0 Å². The van der Waals surface area contributed by atoms with E-state index in [0.29, 0.717) is 0 Å². The molecule has 0 bridgehead atoms. The summed E-state index contributed by atoms with van der Waals surface area (Å²) in [6.45, 7) is 28.1. The average Bonchev–Trinajstić information content (AvgIpc) is 3.48. The molecule has 6 aromatic rings. The second kappa shape index (κ2) is 11.4. The Labute approximate surface area is 323 Å². The molecule has 54 heavy (non-hydrogen) atoms. The van der Waals surface area contributed by atoms with E-state index in [4.69, 9.17) is 4.42 Å². The lowest BCUT2D eigenvalue weighted by molar-refractivity contribution is 0.332. The van der Waals surface area contributed by atoms with Crippen molar-refractivity contribution in [3.8, 4) is 0 Å². The Bertz CT molecular complexity index is 2500. The van der Waals surface area contributed by atoms with E-state index in [9.17, 15) is 0 Å². The first kappa shape index (κ1) is 35.0.